The topological polar surface area (TPSA) is 50.7 Å². The zero-order valence-electron chi connectivity index (χ0n) is 11.8. The van der Waals surface area contributed by atoms with Crippen molar-refractivity contribution in [2.24, 2.45) is 0 Å². The third kappa shape index (κ3) is 2.23. The van der Waals surface area contributed by atoms with Crippen LogP contribution in [0.25, 0.3) is 0 Å². The second-order valence-electron chi connectivity index (χ2n) is 5.58. The smallest absolute Gasteiger partial charge is 0.123 e. The summed E-state index contributed by atoms with van der Waals surface area (Å²) in [5, 5.41) is 13.1. The summed E-state index contributed by atoms with van der Waals surface area (Å²) in [4.78, 5) is 0. The molecule has 4 rings (SSSR count). The number of hydrogen-bond acceptors (Lipinski definition) is 4. The highest BCUT2D eigenvalue weighted by Crippen LogP contribution is 2.44. The highest BCUT2D eigenvalue weighted by molar-refractivity contribution is 5.58. The molecule has 1 fully saturated rings. The van der Waals surface area contributed by atoms with Crippen molar-refractivity contribution < 1.29 is 19.0 Å². The Labute approximate surface area is 127 Å². The van der Waals surface area contributed by atoms with Crippen LogP contribution in [-0.4, -0.2) is 24.4 Å². The number of benzene rings is 2. The maximum atomic E-state index is 13.6. The monoisotopic (exact) mass is 301 g/mol. The predicted molar refractivity (Wildman–Crippen MR) is 79.3 cm³/mol. The summed E-state index contributed by atoms with van der Waals surface area (Å²) < 4.78 is 25.3. The lowest BCUT2D eigenvalue weighted by atomic mass is 9.87. The van der Waals surface area contributed by atoms with Gasteiger partial charge in [0.15, 0.2) is 0 Å². The maximum Gasteiger partial charge on any atom is 0.123 e. The van der Waals surface area contributed by atoms with Crippen LogP contribution in [0.3, 0.4) is 0 Å². The van der Waals surface area contributed by atoms with Gasteiger partial charge in [-0.2, -0.15) is 0 Å². The first kappa shape index (κ1) is 13.5. The average molecular weight is 301 g/mol. The van der Waals surface area contributed by atoms with Gasteiger partial charge in [0.25, 0.3) is 0 Å². The fourth-order valence-electron chi connectivity index (χ4n) is 3.22. The van der Waals surface area contributed by atoms with Gasteiger partial charge in [-0.3, -0.25) is 0 Å². The first-order chi connectivity index (χ1) is 10.7. The van der Waals surface area contributed by atoms with E-state index in [0.717, 1.165) is 16.8 Å². The van der Waals surface area contributed by atoms with E-state index >= 15 is 0 Å². The Balaban J connectivity index is 1.79. The largest absolute Gasteiger partial charge is 0.508 e. The summed E-state index contributed by atoms with van der Waals surface area (Å²) in [6.07, 6.45) is -0.571. The highest BCUT2D eigenvalue weighted by atomic mass is 19.1. The Hall–Kier alpha value is -2.11. The molecule has 2 aromatic rings. The Morgan fingerprint density at radius 1 is 1.09 bits per heavy atom. The van der Waals surface area contributed by atoms with Gasteiger partial charge in [0.1, 0.15) is 23.8 Å². The molecule has 3 unspecified atom stereocenters. The van der Waals surface area contributed by atoms with Crippen molar-refractivity contribution in [2.75, 3.05) is 18.5 Å². The predicted octanol–water partition coefficient (Wildman–Crippen LogP) is 3.15. The minimum absolute atomic E-state index is 0.157. The molecule has 0 spiro atoms. The fourth-order valence-corrected chi connectivity index (χ4v) is 3.22. The Morgan fingerprint density at radius 3 is 2.82 bits per heavy atom. The molecule has 2 aliphatic rings. The van der Waals surface area contributed by atoms with E-state index in [2.05, 4.69) is 5.32 Å². The molecule has 0 aliphatic carbocycles. The van der Waals surface area contributed by atoms with Crippen LogP contribution in [0.4, 0.5) is 10.1 Å². The van der Waals surface area contributed by atoms with E-state index in [4.69, 9.17) is 9.47 Å². The van der Waals surface area contributed by atoms with E-state index in [1.165, 1.54) is 12.1 Å². The molecule has 0 saturated carbocycles. The van der Waals surface area contributed by atoms with Gasteiger partial charge in [-0.05, 0) is 35.9 Å². The molecule has 2 aromatic carbocycles. The van der Waals surface area contributed by atoms with Gasteiger partial charge >= 0.3 is 0 Å². The summed E-state index contributed by atoms with van der Waals surface area (Å²) in [7, 11) is 0. The summed E-state index contributed by atoms with van der Waals surface area (Å²) in [6, 6.07) is 11.5. The van der Waals surface area contributed by atoms with Gasteiger partial charge in [0.05, 0.1) is 19.3 Å². The van der Waals surface area contributed by atoms with E-state index in [1.54, 1.807) is 24.3 Å². The standard InChI is InChI=1S/C17H16FNO3/c18-11-4-5-14-13(9-11)16-17(22-7-6-21-16)15(19-14)10-2-1-3-12(20)8-10/h1-5,8-9,15-17,19-20H,6-7H2. The van der Waals surface area contributed by atoms with E-state index in [1.807, 2.05) is 6.07 Å². The molecular weight excluding hydrogens is 285 g/mol. The quantitative estimate of drug-likeness (QED) is 0.849. The molecule has 4 nitrogen and oxygen atoms in total. The molecule has 22 heavy (non-hydrogen) atoms. The van der Waals surface area contributed by atoms with Crippen molar-refractivity contribution in [2.45, 2.75) is 18.2 Å². The molecule has 0 radical (unpaired) electrons. The van der Waals surface area contributed by atoms with Crippen LogP contribution in [0.5, 0.6) is 5.75 Å². The lowest BCUT2D eigenvalue weighted by Gasteiger charge is -2.43. The number of rotatable bonds is 1. The van der Waals surface area contributed by atoms with Crippen LogP contribution in [0.1, 0.15) is 23.3 Å². The zero-order chi connectivity index (χ0) is 15.1. The lowest BCUT2D eigenvalue weighted by molar-refractivity contribution is -0.151. The molecule has 3 atom stereocenters. The maximum absolute atomic E-state index is 13.6. The minimum Gasteiger partial charge on any atom is -0.508 e. The number of phenolic OH excluding ortho intramolecular Hbond substituents is 1. The van der Waals surface area contributed by atoms with E-state index in [-0.39, 0.29) is 29.8 Å². The summed E-state index contributed by atoms with van der Waals surface area (Å²) >= 11 is 0. The van der Waals surface area contributed by atoms with Crippen molar-refractivity contribution >= 4 is 5.69 Å². The van der Waals surface area contributed by atoms with Crippen molar-refractivity contribution in [3.63, 3.8) is 0 Å². The number of fused-ring (bicyclic) bond motifs is 3. The second kappa shape index (κ2) is 5.26. The molecule has 2 aliphatic heterocycles. The number of phenols is 1. The summed E-state index contributed by atoms with van der Waals surface area (Å²) in [6.45, 7) is 0.993. The van der Waals surface area contributed by atoms with Crippen LogP contribution in [0.15, 0.2) is 42.5 Å². The minimum atomic E-state index is -0.312. The lowest BCUT2D eigenvalue weighted by Crippen LogP contribution is -2.43. The van der Waals surface area contributed by atoms with Gasteiger partial charge in [-0.25, -0.2) is 4.39 Å². The van der Waals surface area contributed by atoms with Crippen LogP contribution >= 0.6 is 0 Å². The first-order valence-corrected chi connectivity index (χ1v) is 7.30. The first-order valence-electron chi connectivity index (χ1n) is 7.30. The van der Waals surface area contributed by atoms with Gasteiger partial charge in [-0.15, -0.1) is 0 Å². The second-order valence-corrected chi connectivity index (χ2v) is 5.58. The molecule has 5 heteroatoms. The molecule has 114 valence electrons. The number of ether oxygens (including phenoxy) is 2. The zero-order valence-corrected chi connectivity index (χ0v) is 11.8. The number of aromatic hydroxyl groups is 1. The average Bonchev–Trinajstić information content (AvgIpc) is 2.54. The number of halogens is 1. The number of anilines is 1. The van der Waals surface area contributed by atoms with E-state index in [0.29, 0.717) is 13.2 Å². The third-order valence-corrected chi connectivity index (χ3v) is 4.18. The Kier molecular flexibility index (Phi) is 3.24. The summed E-state index contributed by atoms with van der Waals surface area (Å²) in [5.41, 5.74) is 2.53. The molecule has 2 heterocycles. The van der Waals surface area contributed by atoms with Gasteiger partial charge < -0.3 is 19.9 Å². The van der Waals surface area contributed by atoms with Crippen molar-refractivity contribution in [3.8, 4) is 5.75 Å². The third-order valence-electron chi connectivity index (χ3n) is 4.18. The van der Waals surface area contributed by atoms with E-state index in [9.17, 15) is 9.50 Å². The molecule has 0 bridgehead atoms. The fraction of sp³-hybridized carbons (Fsp3) is 0.294. The molecule has 0 amide bonds. The van der Waals surface area contributed by atoms with Crippen molar-refractivity contribution in [3.05, 3.63) is 59.4 Å². The Morgan fingerprint density at radius 2 is 1.95 bits per heavy atom. The van der Waals surface area contributed by atoms with E-state index < -0.39 is 0 Å². The molecule has 1 saturated heterocycles. The van der Waals surface area contributed by atoms with Crippen LogP contribution in [-0.2, 0) is 9.47 Å². The molecular formula is C17H16FNO3. The molecule has 0 aromatic heterocycles. The Bertz CT molecular complexity index is 706. The van der Waals surface area contributed by atoms with Crippen LogP contribution in [0, 0.1) is 5.82 Å². The van der Waals surface area contributed by atoms with Gasteiger partial charge in [0.2, 0.25) is 0 Å². The van der Waals surface area contributed by atoms with Crippen molar-refractivity contribution in [1.82, 2.24) is 0 Å². The van der Waals surface area contributed by atoms with Crippen molar-refractivity contribution in [1.29, 1.82) is 0 Å². The van der Waals surface area contributed by atoms with Gasteiger partial charge in [0, 0.05) is 11.3 Å². The van der Waals surface area contributed by atoms with Crippen LogP contribution in [0.2, 0.25) is 0 Å². The van der Waals surface area contributed by atoms with Gasteiger partial charge in [-0.1, -0.05) is 12.1 Å². The number of nitrogens with one attached hydrogen (secondary N) is 1. The van der Waals surface area contributed by atoms with Crippen LogP contribution < -0.4 is 5.32 Å². The normalized spacial score (nSPS) is 26.7. The summed E-state index contributed by atoms with van der Waals surface area (Å²) in [5.74, 6) is -0.0817. The molecule has 2 N–H and O–H groups in total. The SMILES string of the molecule is Oc1cccc(C2Nc3ccc(F)cc3C3OCCOC23)c1. The highest BCUT2D eigenvalue weighted by Gasteiger charge is 2.41. The number of hydrogen-bond donors (Lipinski definition) is 2.